The predicted octanol–water partition coefficient (Wildman–Crippen LogP) is 0.0530. The normalized spacial score (nSPS) is 26.9. The van der Waals surface area contributed by atoms with Gasteiger partial charge in [0.1, 0.15) is 6.17 Å². The molecule has 0 bridgehead atoms. The molecule has 0 saturated carbocycles. The molecule has 6 nitrogen and oxygen atoms in total. The van der Waals surface area contributed by atoms with Crippen LogP contribution in [0.2, 0.25) is 0 Å². The number of halogens is 1. The van der Waals surface area contributed by atoms with Crippen LogP contribution in [0.5, 0.6) is 0 Å². The van der Waals surface area contributed by atoms with Gasteiger partial charge in [-0.15, -0.1) is 0 Å². The average molecular weight is 241 g/mol. The highest BCUT2D eigenvalue weighted by Crippen LogP contribution is 2.20. The fourth-order valence-corrected chi connectivity index (χ4v) is 1.86. The van der Waals surface area contributed by atoms with Gasteiger partial charge in [-0.3, -0.25) is 9.08 Å². The third-order valence-electron chi connectivity index (χ3n) is 2.08. The highest BCUT2D eigenvalue weighted by Gasteiger charge is 2.36. The Morgan fingerprint density at radius 3 is 2.73 bits per heavy atom. The quantitative estimate of drug-likeness (QED) is 0.706. The minimum absolute atomic E-state index is 0.0260. The molecular weight excluding hydrogens is 229 g/mol. The second-order valence-electron chi connectivity index (χ2n) is 3.41. The average Bonchev–Trinajstić information content (AvgIpc) is 2.42. The molecule has 1 N–H and O–H groups in total. The molecule has 0 spiro atoms. The Hall–Kier alpha value is -0.890. The molecule has 8 heteroatoms. The lowest BCUT2D eigenvalue weighted by molar-refractivity contribution is 0.123. The van der Waals surface area contributed by atoms with Gasteiger partial charge in [-0.05, 0) is 0 Å². The Morgan fingerprint density at radius 1 is 1.67 bits per heavy atom. The van der Waals surface area contributed by atoms with E-state index in [-0.39, 0.29) is 19.6 Å². The summed E-state index contributed by atoms with van der Waals surface area (Å²) < 4.78 is 38.7. The number of rotatable bonds is 3. The number of nitrogens with zero attached hydrogens (tertiary/aromatic N) is 1. The van der Waals surface area contributed by atoms with E-state index in [0.717, 1.165) is 11.2 Å². The molecule has 0 aromatic rings. The second kappa shape index (κ2) is 4.31. The SMILES string of the molecule is CS(=O)(=O)OC[C@H]1C[C@H](F)CN1C(=O)O. The number of hydrogen-bond acceptors (Lipinski definition) is 4. The van der Waals surface area contributed by atoms with E-state index in [1.807, 2.05) is 0 Å². The van der Waals surface area contributed by atoms with E-state index >= 15 is 0 Å². The van der Waals surface area contributed by atoms with Gasteiger partial charge in [0.2, 0.25) is 0 Å². The molecule has 0 aliphatic carbocycles. The Kier molecular flexibility index (Phi) is 3.50. The largest absolute Gasteiger partial charge is 0.465 e. The summed E-state index contributed by atoms with van der Waals surface area (Å²) in [6.45, 7) is -0.557. The minimum Gasteiger partial charge on any atom is -0.465 e. The maximum Gasteiger partial charge on any atom is 0.407 e. The van der Waals surface area contributed by atoms with Gasteiger partial charge in [0.25, 0.3) is 10.1 Å². The van der Waals surface area contributed by atoms with Gasteiger partial charge < -0.3 is 5.11 Å². The van der Waals surface area contributed by atoms with Crippen LogP contribution < -0.4 is 0 Å². The van der Waals surface area contributed by atoms with Crippen molar-refractivity contribution in [2.24, 2.45) is 0 Å². The zero-order valence-corrected chi connectivity index (χ0v) is 8.91. The molecular formula is C7H12FNO5S. The van der Waals surface area contributed by atoms with Crippen molar-refractivity contribution in [1.29, 1.82) is 0 Å². The van der Waals surface area contributed by atoms with E-state index in [4.69, 9.17) is 5.11 Å². The molecule has 1 aliphatic rings. The summed E-state index contributed by atoms with van der Waals surface area (Å²) in [7, 11) is -3.62. The standard InChI is InChI=1S/C7H12FNO5S/c1-15(12,13)14-4-6-2-5(8)3-9(6)7(10)11/h5-6H,2-4H2,1H3,(H,10,11)/t5-,6+/m0/s1. The maximum atomic E-state index is 12.9. The van der Waals surface area contributed by atoms with Crippen molar-refractivity contribution in [2.45, 2.75) is 18.6 Å². The molecule has 0 radical (unpaired) electrons. The van der Waals surface area contributed by atoms with E-state index in [1.165, 1.54) is 0 Å². The molecule has 0 unspecified atom stereocenters. The number of alkyl halides is 1. The van der Waals surface area contributed by atoms with Crippen LogP contribution in [-0.4, -0.2) is 56.1 Å². The number of likely N-dealkylation sites (tertiary alicyclic amines) is 1. The Balaban J connectivity index is 2.57. The number of carboxylic acid groups (broad SMARTS) is 1. The summed E-state index contributed by atoms with van der Waals surface area (Å²) in [5.74, 6) is 0. The first kappa shape index (κ1) is 12.2. The third kappa shape index (κ3) is 3.63. The zero-order valence-electron chi connectivity index (χ0n) is 8.09. The molecule has 1 rings (SSSR count). The van der Waals surface area contributed by atoms with Gasteiger partial charge in [0, 0.05) is 6.42 Å². The van der Waals surface area contributed by atoms with E-state index in [0.29, 0.717) is 0 Å². The summed E-state index contributed by atoms with van der Waals surface area (Å²) in [5.41, 5.74) is 0. The van der Waals surface area contributed by atoms with Crippen molar-refractivity contribution in [1.82, 2.24) is 4.90 Å². The molecule has 1 heterocycles. The number of carbonyl (C=O) groups is 1. The van der Waals surface area contributed by atoms with Gasteiger partial charge in [0.05, 0.1) is 25.4 Å². The molecule has 1 amide bonds. The highest BCUT2D eigenvalue weighted by molar-refractivity contribution is 7.85. The van der Waals surface area contributed by atoms with Gasteiger partial charge in [-0.2, -0.15) is 8.42 Å². The summed E-state index contributed by atoms with van der Waals surface area (Å²) >= 11 is 0. The summed E-state index contributed by atoms with van der Waals surface area (Å²) in [6, 6.07) is -0.729. The summed E-state index contributed by atoms with van der Waals surface area (Å²) in [4.78, 5) is 11.5. The Bertz CT molecular complexity index is 343. The van der Waals surface area contributed by atoms with Crippen LogP contribution in [0.15, 0.2) is 0 Å². The fraction of sp³-hybridized carbons (Fsp3) is 0.857. The maximum absolute atomic E-state index is 12.9. The van der Waals surface area contributed by atoms with Crippen molar-refractivity contribution in [3.63, 3.8) is 0 Å². The van der Waals surface area contributed by atoms with E-state index in [9.17, 15) is 17.6 Å². The number of hydrogen-bond donors (Lipinski definition) is 1. The van der Waals surface area contributed by atoms with E-state index < -0.39 is 28.4 Å². The first-order valence-corrected chi connectivity index (χ1v) is 6.09. The second-order valence-corrected chi connectivity index (χ2v) is 5.05. The lowest BCUT2D eigenvalue weighted by Gasteiger charge is -2.19. The van der Waals surface area contributed by atoms with Crippen molar-refractivity contribution in [3.8, 4) is 0 Å². The smallest absolute Gasteiger partial charge is 0.407 e. The van der Waals surface area contributed by atoms with Crippen LogP contribution in [-0.2, 0) is 14.3 Å². The van der Waals surface area contributed by atoms with E-state index in [2.05, 4.69) is 4.18 Å². The van der Waals surface area contributed by atoms with Crippen LogP contribution in [0.3, 0.4) is 0 Å². The first-order chi connectivity index (χ1) is 6.79. The lowest BCUT2D eigenvalue weighted by Crippen LogP contribution is -2.37. The number of amides is 1. The first-order valence-electron chi connectivity index (χ1n) is 4.27. The predicted molar refractivity (Wildman–Crippen MR) is 48.8 cm³/mol. The highest BCUT2D eigenvalue weighted by atomic mass is 32.2. The van der Waals surface area contributed by atoms with Crippen molar-refractivity contribution in [2.75, 3.05) is 19.4 Å². The van der Waals surface area contributed by atoms with Crippen LogP contribution in [0, 0.1) is 0 Å². The van der Waals surface area contributed by atoms with Crippen LogP contribution >= 0.6 is 0 Å². The zero-order chi connectivity index (χ0) is 11.6. The third-order valence-corrected chi connectivity index (χ3v) is 2.65. The van der Waals surface area contributed by atoms with Crippen LogP contribution in [0.4, 0.5) is 9.18 Å². The summed E-state index contributed by atoms with van der Waals surface area (Å²) in [5, 5.41) is 8.69. The van der Waals surface area contributed by atoms with E-state index in [1.54, 1.807) is 0 Å². The van der Waals surface area contributed by atoms with Gasteiger partial charge >= 0.3 is 6.09 Å². The van der Waals surface area contributed by atoms with Gasteiger partial charge in [-0.1, -0.05) is 0 Å². The molecule has 1 aliphatic heterocycles. The minimum atomic E-state index is -3.62. The van der Waals surface area contributed by atoms with Crippen LogP contribution in [0.1, 0.15) is 6.42 Å². The molecule has 2 atom stereocenters. The molecule has 88 valence electrons. The lowest BCUT2D eigenvalue weighted by atomic mass is 10.2. The van der Waals surface area contributed by atoms with Gasteiger partial charge in [-0.25, -0.2) is 9.18 Å². The molecule has 0 aromatic carbocycles. The Labute approximate surface area is 86.8 Å². The molecule has 1 fully saturated rings. The fourth-order valence-electron chi connectivity index (χ4n) is 1.45. The van der Waals surface area contributed by atoms with Crippen molar-refractivity contribution in [3.05, 3.63) is 0 Å². The molecule has 15 heavy (non-hydrogen) atoms. The topological polar surface area (TPSA) is 83.9 Å². The van der Waals surface area contributed by atoms with Gasteiger partial charge in [0.15, 0.2) is 0 Å². The monoisotopic (exact) mass is 241 g/mol. The van der Waals surface area contributed by atoms with Crippen LogP contribution in [0.25, 0.3) is 0 Å². The van der Waals surface area contributed by atoms with Crippen molar-refractivity contribution < 1.29 is 26.9 Å². The van der Waals surface area contributed by atoms with Crippen molar-refractivity contribution >= 4 is 16.2 Å². The molecule has 1 saturated heterocycles. The summed E-state index contributed by atoms with van der Waals surface area (Å²) in [6.07, 6.45) is -1.69. The Morgan fingerprint density at radius 2 is 2.27 bits per heavy atom. The molecule has 0 aromatic heterocycles.